The first-order chi connectivity index (χ1) is 9.98. The van der Waals surface area contributed by atoms with E-state index in [2.05, 4.69) is 4.72 Å². The van der Waals surface area contributed by atoms with Crippen molar-refractivity contribution in [2.75, 3.05) is 17.1 Å². The summed E-state index contributed by atoms with van der Waals surface area (Å²) in [6.07, 6.45) is 3.24. The molecular formula is C15H23NO4S. The molecular weight excluding hydrogens is 290 g/mol. The molecule has 0 saturated heterocycles. The first kappa shape index (κ1) is 17.5. The maximum atomic E-state index is 11.7. The van der Waals surface area contributed by atoms with Crippen molar-refractivity contribution in [2.45, 2.75) is 39.5 Å². The van der Waals surface area contributed by atoms with E-state index in [4.69, 9.17) is 4.74 Å². The Hall–Kier alpha value is -1.56. The Morgan fingerprint density at radius 1 is 1.10 bits per heavy atom. The molecule has 0 amide bonds. The fraction of sp³-hybridized carbons (Fsp3) is 0.533. The predicted octanol–water partition coefficient (Wildman–Crippen LogP) is 3.19. The first-order valence-electron chi connectivity index (χ1n) is 7.26. The summed E-state index contributed by atoms with van der Waals surface area (Å²) in [5, 5.41) is 0. The molecule has 0 heterocycles. The molecule has 0 radical (unpaired) electrons. The van der Waals surface area contributed by atoms with Crippen LogP contribution >= 0.6 is 0 Å². The molecule has 0 spiro atoms. The average Bonchev–Trinajstić information content (AvgIpc) is 2.46. The lowest BCUT2D eigenvalue weighted by atomic mass is 10.2. The van der Waals surface area contributed by atoms with E-state index in [9.17, 15) is 13.2 Å². The Labute approximate surface area is 126 Å². The van der Waals surface area contributed by atoms with Crippen LogP contribution in [0, 0.1) is 0 Å². The summed E-state index contributed by atoms with van der Waals surface area (Å²) in [7, 11) is -3.31. The van der Waals surface area contributed by atoms with Gasteiger partial charge in [0.15, 0.2) is 0 Å². The van der Waals surface area contributed by atoms with Crippen molar-refractivity contribution in [2.24, 2.45) is 0 Å². The molecule has 0 unspecified atom stereocenters. The van der Waals surface area contributed by atoms with Crippen molar-refractivity contribution < 1.29 is 17.9 Å². The van der Waals surface area contributed by atoms with Crippen LogP contribution in [-0.2, 0) is 14.8 Å². The summed E-state index contributed by atoms with van der Waals surface area (Å²) in [4.78, 5) is 11.7. The number of esters is 1. The molecule has 5 nitrogen and oxygen atoms in total. The number of ether oxygens (including phenoxy) is 1. The average molecular weight is 313 g/mol. The van der Waals surface area contributed by atoms with Gasteiger partial charge in [0.25, 0.3) is 0 Å². The second kappa shape index (κ2) is 8.67. The molecule has 0 bridgehead atoms. The quantitative estimate of drug-likeness (QED) is 0.561. The number of unbranched alkanes of at least 4 members (excludes halogenated alkanes) is 2. The standard InChI is InChI=1S/C15H23NO4S/c1-3-5-11-20-15(17)13-7-9-14(10-8-13)16-21(18,19)12-6-4-2/h7-10,16H,3-6,11-12H2,1-2H3. The van der Waals surface area contributed by atoms with Gasteiger partial charge < -0.3 is 4.74 Å². The molecule has 0 aliphatic heterocycles. The Kier molecular flexibility index (Phi) is 7.22. The van der Waals surface area contributed by atoms with Crippen LogP contribution in [0.4, 0.5) is 5.69 Å². The molecule has 0 aliphatic carbocycles. The minimum atomic E-state index is -3.31. The topological polar surface area (TPSA) is 72.5 Å². The molecule has 21 heavy (non-hydrogen) atoms. The second-order valence-corrected chi connectivity index (χ2v) is 6.68. The lowest BCUT2D eigenvalue weighted by Gasteiger charge is -2.08. The molecule has 1 N–H and O–H groups in total. The number of rotatable bonds is 9. The van der Waals surface area contributed by atoms with Gasteiger partial charge in [-0.05, 0) is 37.1 Å². The van der Waals surface area contributed by atoms with Gasteiger partial charge in [-0.2, -0.15) is 0 Å². The Morgan fingerprint density at radius 2 is 1.71 bits per heavy atom. The highest BCUT2D eigenvalue weighted by atomic mass is 32.2. The van der Waals surface area contributed by atoms with Crippen LogP contribution in [-0.4, -0.2) is 26.7 Å². The number of nitrogens with one attached hydrogen (secondary N) is 1. The molecule has 0 saturated carbocycles. The lowest BCUT2D eigenvalue weighted by Crippen LogP contribution is -2.16. The van der Waals surface area contributed by atoms with Crippen LogP contribution in [0.25, 0.3) is 0 Å². The maximum absolute atomic E-state index is 11.7. The molecule has 1 aromatic carbocycles. The lowest BCUT2D eigenvalue weighted by molar-refractivity contribution is 0.0500. The Morgan fingerprint density at radius 3 is 2.29 bits per heavy atom. The van der Waals surface area contributed by atoms with Crippen molar-refractivity contribution in [3.63, 3.8) is 0 Å². The second-order valence-electron chi connectivity index (χ2n) is 4.84. The third-order valence-corrected chi connectivity index (χ3v) is 4.26. The van der Waals surface area contributed by atoms with Crippen molar-refractivity contribution in [3.05, 3.63) is 29.8 Å². The number of hydrogen-bond donors (Lipinski definition) is 1. The van der Waals surface area contributed by atoms with Crippen molar-refractivity contribution >= 4 is 21.7 Å². The molecule has 0 aliphatic rings. The van der Waals surface area contributed by atoms with E-state index in [1.807, 2.05) is 13.8 Å². The predicted molar refractivity (Wildman–Crippen MR) is 84.0 cm³/mol. The summed E-state index contributed by atoms with van der Waals surface area (Å²) in [6.45, 7) is 4.36. The van der Waals surface area contributed by atoms with E-state index in [1.54, 1.807) is 24.3 Å². The van der Waals surface area contributed by atoms with Gasteiger partial charge in [0.2, 0.25) is 10.0 Å². The van der Waals surface area contributed by atoms with Gasteiger partial charge in [-0.25, -0.2) is 13.2 Å². The highest BCUT2D eigenvalue weighted by molar-refractivity contribution is 7.92. The number of hydrogen-bond acceptors (Lipinski definition) is 4. The summed E-state index contributed by atoms with van der Waals surface area (Å²) in [6, 6.07) is 6.26. The van der Waals surface area contributed by atoms with Gasteiger partial charge in [-0.15, -0.1) is 0 Å². The van der Waals surface area contributed by atoms with Crippen molar-refractivity contribution in [1.82, 2.24) is 0 Å². The van der Waals surface area contributed by atoms with E-state index in [0.29, 0.717) is 24.3 Å². The Balaban J connectivity index is 2.59. The molecule has 1 rings (SSSR count). The number of carbonyl (C=O) groups excluding carboxylic acids is 1. The van der Waals surface area contributed by atoms with Crippen molar-refractivity contribution in [1.29, 1.82) is 0 Å². The zero-order chi connectivity index (χ0) is 15.7. The minimum absolute atomic E-state index is 0.101. The summed E-state index contributed by atoms with van der Waals surface area (Å²) in [5.74, 6) is -0.284. The van der Waals surface area contributed by atoms with Crippen LogP contribution in [0.3, 0.4) is 0 Å². The number of carbonyl (C=O) groups is 1. The van der Waals surface area contributed by atoms with Gasteiger partial charge in [0, 0.05) is 5.69 Å². The fourth-order valence-electron chi connectivity index (χ4n) is 1.63. The van der Waals surface area contributed by atoms with Gasteiger partial charge in [-0.1, -0.05) is 26.7 Å². The fourth-order valence-corrected chi connectivity index (χ4v) is 2.90. The number of anilines is 1. The molecule has 0 atom stereocenters. The van der Waals surface area contributed by atoms with Crippen molar-refractivity contribution in [3.8, 4) is 0 Å². The first-order valence-corrected chi connectivity index (χ1v) is 8.91. The molecule has 118 valence electrons. The van der Waals surface area contributed by atoms with Gasteiger partial charge in [-0.3, -0.25) is 4.72 Å². The third-order valence-electron chi connectivity index (χ3n) is 2.89. The number of sulfonamides is 1. The van der Waals surface area contributed by atoms with E-state index >= 15 is 0 Å². The van der Waals surface area contributed by atoms with Crippen LogP contribution in [0.15, 0.2) is 24.3 Å². The van der Waals surface area contributed by atoms with Crippen LogP contribution in [0.5, 0.6) is 0 Å². The Bertz CT molecular complexity index is 537. The molecule has 1 aromatic rings. The monoisotopic (exact) mass is 313 g/mol. The van der Waals surface area contributed by atoms with Gasteiger partial charge in [0.05, 0.1) is 17.9 Å². The summed E-state index contributed by atoms with van der Waals surface area (Å²) in [5.41, 5.74) is 0.874. The summed E-state index contributed by atoms with van der Waals surface area (Å²) >= 11 is 0. The minimum Gasteiger partial charge on any atom is -0.462 e. The van der Waals surface area contributed by atoms with Gasteiger partial charge in [0.1, 0.15) is 0 Å². The molecule has 6 heteroatoms. The van der Waals surface area contributed by atoms with Gasteiger partial charge >= 0.3 is 5.97 Å². The normalized spacial score (nSPS) is 11.1. The van der Waals surface area contributed by atoms with Crippen LogP contribution < -0.4 is 4.72 Å². The number of benzene rings is 1. The van der Waals surface area contributed by atoms with E-state index in [-0.39, 0.29) is 11.7 Å². The zero-order valence-corrected chi connectivity index (χ0v) is 13.4. The maximum Gasteiger partial charge on any atom is 0.338 e. The largest absolute Gasteiger partial charge is 0.462 e. The molecule has 0 aromatic heterocycles. The van der Waals surface area contributed by atoms with E-state index in [1.165, 1.54) is 0 Å². The van der Waals surface area contributed by atoms with Crippen LogP contribution in [0.1, 0.15) is 49.9 Å². The van der Waals surface area contributed by atoms with E-state index in [0.717, 1.165) is 19.3 Å². The highest BCUT2D eigenvalue weighted by Crippen LogP contribution is 2.13. The van der Waals surface area contributed by atoms with Crippen LogP contribution in [0.2, 0.25) is 0 Å². The SMILES string of the molecule is CCCCOC(=O)c1ccc(NS(=O)(=O)CCCC)cc1. The smallest absolute Gasteiger partial charge is 0.338 e. The highest BCUT2D eigenvalue weighted by Gasteiger charge is 2.11. The summed E-state index contributed by atoms with van der Waals surface area (Å²) < 4.78 is 31.1. The third kappa shape index (κ3) is 6.62. The molecule has 0 fully saturated rings. The van der Waals surface area contributed by atoms with E-state index < -0.39 is 10.0 Å². The zero-order valence-electron chi connectivity index (χ0n) is 12.6.